The van der Waals surface area contributed by atoms with E-state index in [0.29, 0.717) is 18.3 Å². The number of allylic oxidation sites excluding steroid dienone is 4. The lowest BCUT2D eigenvalue weighted by molar-refractivity contribution is -0.274. The zero-order chi connectivity index (χ0) is 21.7. The number of nitrogens with zero attached hydrogens (tertiary/aromatic N) is 2. The van der Waals surface area contributed by atoms with Crippen LogP contribution in [0.25, 0.3) is 0 Å². The second-order valence-corrected chi connectivity index (χ2v) is 7.83. The van der Waals surface area contributed by atoms with E-state index < -0.39 is 6.36 Å². The van der Waals surface area contributed by atoms with E-state index in [0.717, 1.165) is 42.5 Å². The molecule has 0 spiro atoms. The summed E-state index contributed by atoms with van der Waals surface area (Å²) in [7, 11) is 0. The highest BCUT2D eigenvalue weighted by Crippen LogP contribution is 2.42. The van der Waals surface area contributed by atoms with Crippen LogP contribution < -0.4 is 4.74 Å². The Morgan fingerprint density at radius 2 is 1.87 bits per heavy atom. The third-order valence-corrected chi connectivity index (χ3v) is 5.57. The van der Waals surface area contributed by atoms with Crippen molar-refractivity contribution in [3.05, 3.63) is 72.3 Å². The fourth-order valence-corrected chi connectivity index (χ4v) is 3.89. The van der Waals surface area contributed by atoms with Gasteiger partial charge >= 0.3 is 6.36 Å². The molecule has 1 atom stereocenters. The average Bonchev–Trinajstić information content (AvgIpc) is 3.53. The van der Waals surface area contributed by atoms with Crippen molar-refractivity contribution >= 4 is 6.21 Å². The van der Waals surface area contributed by atoms with Gasteiger partial charge in [-0.2, -0.15) is 5.26 Å². The molecule has 3 rings (SSSR count). The van der Waals surface area contributed by atoms with Gasteiger partial charge in [0.2, 0.25) is 0 Å². The fraction of sp³-hybridized carbons (Fsp3) is 0.375. The van der Waals surface area contributed by atoms with E-state index in [4.69, 9.17) is 0 Å². The maximum absolute atomic E-state index is 12.2. The number of ether oxygens (including phenoxy) is 1. The van der Waals surface area contributed by atoms with Crippen molar-refractivity contribution in [2.75, 3.05) is 0 Å². The van der Waals surface area contributed by atoms with Gasteiger partial charge in [-0.05, 0) is 66.9 Å². The van der Waals surface area contributed by atoms with E-state index in [1.807, 2.05) is 12.5 Å². The molecule has 0 N–H and O–H groups in total. The van der Waals surface area contributed by atoms with Gasteiger partial charge in [-0.3, -0.25) is 4.99 Å². The molecule has 6 heteroatoms. The molecule has 0 bridgehead atoms. The van der Waals surface area contributed by atoms with Gasteiger partial charge in [0.25, 0.3) is 0 Å². The van der Waals surface area contributed by atoms with Crippen LogP contribution in [0, 0.1) is 35.5 Å². The van der Waals surface area contributed by atoms with Crippen molar-refractivity contribution in [2.45, 2.75) is 38.5 Å². The van der Waals surface area contributed by atoms with Gasteiger partial charge in [-0.1, -0.05) is 31.4 Å². The minimum Gasteiger partial charge on any atom is -0.406 e. The number of rotatable bonds is 8. The monoisotopic (exact) mass is 415 g/mol. The summed E-state index contributed by atoms with van der Waals surface area (Å²) in [6.45, 7) is 8.07. The molecule has 0 aromatic heterocycles. The van der Waals surface area contributed by atoms with E-state index in [1.54, 1.807) is 18.3 Å². The Balaban J connectivity index is 0.00000341. The predicted molar refractivity (Wildman–Crippen MR) is 113 cm³/mol. The van der Waals surface area contributed by atoms with Gasteiger partial charge in [-0.25, -0.2) is 0 Å². The topological polar surface area (TPSA) is 45.4 Å². The number of hydrogen-bond acceptors (Lipinski definition) is 3. The molecule has 0 heterocycles. The highest BCUT2D eigenvalue weighted by Gasteiger charge is 2.33. The summed E-state index contributed by atoms with van der Waals surface area (Å²) >= 11 is 0. The van der Waals surface area contributed by atoms with Crippen molar-refractivity contribution in [3.63, 3.8) is 0 Å². The Labute approximate surface area is 176 Å². The second-order valence-electron chi connectivity index (χ2n) is 7.83. The standard InChI is InChI=1S/C24H24F3N2O.H2/c1-16(13-18-3-11-22(12-4-18)30-24(25,26)27)15-29-17(2)19-5-7-20(8-6-19)23(14-28)21-9-10-21;/h3-4,9-12,15,19-20,23H,1-2,5-8,13H2;1H. The Kier molecular flexibility index (Phi) is 6.81. The van der Waals surface area contributed by atoms with Crippen LogP contribution in [0.2, 0.25) is 0 Å². The number of benzene rings is 1. The van der Waals surface area contributed by atoms with Crippen molar-refractivity contribution in [1.82, 2.24) is 0 Å². The number of nitriles is 1. The van der Waals surface area contributed by atoms with Gasteiger partial charge in [0, 0.05) is 25.7 Å². The third-order valence-electron chi connectivity index (χ3n) is 5.57. The Morgan fingerprint density at radius 1 is 1.23 bits per heavy atom. The molecular formula is C24H26F3N2O. The first kappa shape index (κ1) is 21.9. The normalized spacial score (nSPS) is 22.1. The molecule has 3 nitrogen and oxygen atoms in total. The van der Waals surface area contributed by atoms with E-state index in [-0.39, 0.29) is 13.1 Å². The number of aliphatic imine (C=N–C) groups is 1. The predicted octanol–water partition coefficient (Wildman–Crippen LogP) is 6.60. The van der Waals surface area contributed by atoms with Crippen LogP contribution in [0.1, 0.15) is 32.7 Å². The van der Waals surface area contributed by atoms with Gasteiger partial charge in [-0.15, -0.1) is 13.2 Å². The molecule has 0 amide bonds. The van der Waals surface area contributed by atoms with Gasteiger partial charge in [0.15, 0.2) is 0 Å². The highest BCUT2D eigenvalue weighted by atomic mass is 19.4. The molecule has 2 aliphatic carbocycles. The summed E-state index contributed by atoms with van der Waals surface area (Å²) in [6, 6.07) is 8.16. The minimum atomic E-state index is -4.69. The molecule has 0 aliphatic heterocycles. The Morgan fingerprint density at radius 3 is 2.40 bits per heavy atom. The SMILES string of the molecule is C=C(C=NC(=C)C1CCC(C(C#N)C2=C[CH]2)CC1)Cc1ccc(OC(F)(F)F)cc1.[HH]. The maximum Gasteiger partial charge on any atom is 0.573 e. The van der Waals surface area contributed by atoms with Crippen LogP contribution in [0.5, 0.6) is 5.75 Å². The minimum absolute atomic E-state index is 0. The summed E-state index contributed by atoms with van der Waals surface area (Å²) in [4.78, 5) is 4.47. The molecular weight excluding hydrogens is 389 g/mol. The molecule has 1 radical (unpaired) electrons. The smallest absolute Gasteiger partial charge is 0.406 e. The van der Waals surface area contributed by atoms with Crippen LogP contribution in [-0.2, 0) is 6.42 Å². The first-order valence-corrected chi connectivity index (χ1v) is 9.95. The summed E-state index contributed by atoms with van der Waals surface area (Å²) < 4.78 is 40.5. The van der Waals surface area contributed by atoms with Crippen molar-refractivity contribution in [1.29, 1.82) is 5.26 Å². The molecule has 1 aromatic carbocycles. The molecule has 1 fully saturated rings. The van der Waals surface area contributed by atoms with E-state index in [9.17, 15) is 18.4 Å². The van der Waals surface area contributed by atoms with E-state index in [2.05, 4.69) is 29.0 Å². The zero-order valence-corrected chi connectivity index (χ0v) is 16.7. The van der Waals surface area contributed by atoms with Gasteiger partial charge in [0.05, 0.1) is 12.0 Å². The lowest BCUT2D eigenvalue weighted by Gasteiger charge is -2.30. The fourth-order valence-electron chi connectivity index (χ4n) is 3.89. The van der Waals surface area contributed by atoms with Crippen molar-refractivity contribution in [3.8, 4) is 11.8 Å². The molecule has 30 heavy (non-hydrogen) atoms. The molecule has 1 saturated carbocycles. The first-order chi connectivity index (χ1) is 14.2. The average molecular weight is 415 g/mol. The van der Waals surface area contributed by atoms with Crippen molar-refractivity contribution in [2.24, 2.45) is 22.7 Å². The molecule has 159 valence electrons. The van der Waals surface area contributed by atoms with Gasteiger partial charge < -0.3 is 4.74 Å². The Hall–Kier alpha value is -2.81. The molecule has 1 unspecified atom stereocenters. The largest absolute Gasteiger partial charge is 0.573 e. The first-order valence-electron chi connectivity index (χ1n) is 9.95. The summed E-state index contributed by atoms with van der Waals surface area (Å²) in [5.74, 6) is 0.493. The number of hydrogen-bond donors (Lipinski definition) is 0. The third kappa shape index (κ3) is 6.35. The Bertz CT molecular complexity index is 889. The number of alkyl halides is 3. The van der Waals surface area contributed by atoms with E-state index in [1.165, 1.54) is 17.7 Å². The summed E-state index contributed by atoms with van der Waals surface area (Å²) in [5, 5.41) is 9.38. The summed E-state index contributed by atoms with van der Waals surface area (Å²) in [6.07, 6.45) is 5.43. The highest BCUT2D eigenvalue weighted by molar-refractivity contribution is 5.79. The van der Waals surface area contributed by atoms with Crippen LogP contribution in [0.3, 0.4) is 0 Å². The molecule has 2 aliphatic rings. The lowest BCUT2D eigenvalue weighted by atomic mass is 9.74. The van der Waals surface area contributed by atoms with Crippen LogP contribution in [0.4, 0.5) is 13.2 Å². The van der Waals surface area contributed by atoms with Crippen LogP contribution in [-0.4, -0.2) is 12.6 Å². The lowest BCUT2D eigenvalue weighted by Crippen LogP contribution is -2.21. The van der Waals surface area contributed by atoms with E-state index >= 15 is 0 Å². The molecule has 1 aromatic rings. The summed E-state index contributed by atoms with van der Waals surface area (Å²) in [5.41, 5.74) is 3.55. The maximum atomic E-state index is 12.2. The zero-order valence-electron chi connectivity index (χ0n) is 16.7. The molecule has 0 saturated heterocycles. The van der Waals surface area contributed by atoms with Crippen LogP contribution in [0.15, 0.2) is 65.3 Å². The van der Waals surface area contributed by atoms with Crippen molar-refractivity contribution < 1.29 is 19.3 Å². The second kappa shape index (κ2) is 9.34. The number of halogens is 3. The quantitative estimate of drug-likeness (QED) is 0.449. The van der Waals surface area contributed by atoms with Gasteiger partial charge in [0.1, 0.15) is 5.75 Å². The van der Waals surface area contributed by atoms with Crippen LogP contribution >= 0.6 is 0 Å².